The third-order valence-electron chi connectivity index (χ3n) is 5.47. The van der Waals surface area contributed by atoms with Crippen LogP contribution in [0, 0.1) is 12.7 Å². The van der Waals surface area contributed by atoms with Gasteiger partial charge in [-0.15, -0.1) is 0 Å². The highest BCUT2D eigenvalue weighted by molar-refractivity contribution is 5.74. The maximum Gasteiger partial charge on any atom is 0.317 e. The van der Waals surface area contributed by atoms with Crippen LogP contribution in [-0.2, 0) is 0 Å². The monoisotopic (exact) mass is 319 g/mol. The molecule has 2 aliphatic heterocycles. The molecule has 23 heavy (non-hydrogen) atoms. The van der Waals surface area contributed by atoms with Gasteiger partial charge in [0.15, 0.2) is 0 Å². The second-order valence-electron chi connectivity index (χ2n) is 6.96. The van der Waals surface area contributed by atoms with E-state index in [-0.39, 0.29) is 17.9 Å². The van der Waals surface area contributed by atoms with Crippen molar-refractivity contribution in [3.8, 4) is 0 Å². The number of carbonyl (C=O) groups excluding carboxylic acids is 1. The summed E-state index contributed by atoms with van der Waals surface area (Å²) in [6.07, 6.45) is 3.45. The van der Waals surface area contributed by atoms with Crippen molar-refractivity contribution in [2.45, 2.75) is 51.2 Å². The molecule has 3 rings (SSSR count). The van der Waals surface area contributed by atoms with Gasteiger partial charge in [0, 0.05) is 25.2 Å². The molecule has 2 aliphatic rings. The van der Waals surface area contributed by atoms with Crippen LogP contribution in [0.4, 0.5) is 9.18 Å². The van der Waals surface area contributed by atoms with Crippen LogP contribution in [0.1, 0.15) is 43.4 Å². The number of hydrogen-bond donors (Lipinski definition) is 1. The Balaban J connectivity index is 1.63. The quantitative estimate of drug-likeness (QED) is 0.909. The Hall–Kier alpha value is -1.62. The average Bonchev–Trinajstić information content (AvgIpc) is 2.74. The molecule has 2 heterocycles. The fourth-order valence-corrected chi connectivity index (χ4v) is 3.73. The molecule has 1 aromatic rings. The second-order valence-corrected chi connectivity index (χ2v) is 6.96. The van der Waals surface area contributed by atoms with Gasteiger partial charge in [-0.25, -0.2) is 9.18 Å². The molecule has 2 saturated heterocycles. The summed E-state index contributed by atoms with van der Waals surface area (Å²) < 4.78 is 13.7. The molecule has 126 valence electrons. The number of likely N-dealkylation sites (N-methyl/N-ethyl adjacent to an activating group) is 1. The molecule has 5 heteroatoms. The van der Waals surface area contributed by atoms with Crippen molar-refractivity contribution in [1.82, 2.24) is 15.1 Å². The maximum atomic E-state index is 13.7. The number of fused-ring (bicyclic) bond motifs is 2. The third kappa shape index (κ3) is 3.34. The van der Waals surface area contributed by atoms with Crippen molar-refractivity contribution in [2.24, 2.45) is 0 Å². The lowest BCUT2D eigenvalue weighted by Gasteiger charge is -2.27. The number of benzene rings is 1. The molecule has 0 saturated carbocycles. The average molecular weight is 319 g/mol. The van der Waals surface area contributed by atoms with Crippen LogP contribution in [-0.4, -0.2) is 48.1 Å². The number of aryl methyl sites for hydroxylation is 1. The maximum absolute atomic E-state index is 13.7. The fraction of sp³-hybridized carbons (Fsp3) is 0.611. The summed E-state index contributed by atoms with van der Waals surface area (Å²) in [5, 5.41) is 3.02. The summed E-state index contributed by atoms with van der Waals surface area (Å²) in [5.41, 5.74) is 1.42. The SMILES string of the molecule is Cc1ccc([C@@H](C)NC(=O)N2CC[C@H]3CC[C@@H](C2)N3C)cc1F. The Morgan fingerprint density at radius 3 is 2.78 bits per heavy atom. The summed E-state index contributed by atoms with van der Waals surface area (Å²) in [4.78, 5) is 16.9. The van der Waals surface area contributed by atoms with E-state index in [9.17, 15) is 9.18 Å². The summed E-state index contributed by atoms with van der Waals surface area (Å²) in [7, 11) is 2.17. The van der Waals surface area contributed by atoms with Crippen molar-refractivity contribution >= 4 is 6.03 Å². The van der Waals surface area contributed by atoms with Gasteiger partial charge in [-0.1, -0.05) is 12.1 Å². The smallest absolute Gasteiger partial charge is 0.317 e. The van der Waals surface area contributed by atoms with Crippen LogP contribution in [0.3, 0.4) is 0 Å². The third-order valence-corrected chi connectivity index (χ3v) is 5.47. The number of rotatable bonds is 2. The van der Waals surface area contributed by atoms with Crippen LogP contribution in [0.25, 0.3) is 0 Å². The number of likely N-dealkylation sites (tertiary alicyclic amines) is 1. The number of carbonyl (C=O) groups is 1. The zero-order chi connectivity index (χ0) is 16.6. The van der Waals surface area contributed by atoms with Crippen molar-refractivity contribution in [3.05, 3.63) is 35.1 Å². The molecular weight excluding hydrogens is 293 g/mol. The first-order valence-corrected chi connectivity index (χ1v) is 8.49. The Labute approximate surface area is 137 Å². The van der Waals surface area contributed by atoms with Gasteiger partial charge in [0.2, 0.25) is 0 Å². The van der Waals surface area contributed by atoms with Gasteiger partial charge in [-0.05, 0) is 57.4 Å². The van der Waals surface area contributed by atoms with Gasteiger partial charge in [0.05, 0.1) is 6.04 Å². The van der Waals surface area contributed by atoms with Gasteiger partial charge in [-0.3, -0.25) is 4.90 Å². The Kier molecular flexibility index (Phi) is 4.57. The van der Waals surface area contributed by atoms with Crippen LogP contribution in [0.2, 0.25) is 0 Å². The zero-order valence-electron chi connectivity index (χ0n) is 14.2. The molecule has 2 bridgehead atoms. The summed E-state index contributed by atoms with van der Waals surface area (Å²) in [5.74, 6) is -0.225. The minimum atomic E-state index is -0.225. The van der Waals surface area contributed by atoms with E-state index in [4.69, 9.17) is 0 Å². The van der Waals surface area contributed by atoms with E-state index in [0.717, 1.165) is 25.1 Å². The molecular formula is C18H26FN3O. The largest absolute Gasteiger partial charge is 0.331 e. The summed E-state index contributed by atoms with van der Waals surface area (Å²) >= 11 is 0. The van der Waals surface area contributed by atoms with E-state index in [0.29, 0.717) is 17.6 Å². The van der Waals surface area contributed by atoms with Gasteiger partial charge >= 0.3 is 6.03 Å². The van der Waals surface area contributed by atoms with Gasteiger partial charge in [0.25, 0.3) is 0 Å². The van der Waals surface area contributed by atoms with E-state index >= 15 is 0 Å². The van der Waals surface area contributed by atoms with Crippen molar-refractivity contribution in [1.29, 1.82) is 0 Å². The molecule has 1 aromatic carbocycles. The highest BCUT2D eigenvalue weighted by Gasteiger charge is 2.36. The Bertz CT molecular complexity index is 592. The van der Waals surface area contributed by atoms with Crippen LogP contribution < -0.4 is 5.32 Å². The minimum absolute atomic E-state index is 0.0422. The van der Waals surface area contributed by atoms with Crippen molar-refractivity contribution < 1.29 is 9.18 Å². The number of urea groups is 1. The first-order valence-electron chi connectivity index (χ1n) is 8.49. The van der Waals surface area contributed by atoms with Crippen LogP contribution in [0.5, 0.6) is 0 Å². The standard InChI is InChI=1S/C18H26FN3O/c1-12-4-5-14(10-17(12)19)13(2)20-18(23)22-9-8-15-6-7-16(11-22)21(15)3/h4-5,10,13,15-16H,6-9,11H2,1-3H3,(H,20,23)/t13-,15-,16+/m1/s1. The summed E-state index contributed by atoms with van der Waals surface area (Å²) in [6, 6.07) is 5.99. The Morgan fingerprint density at radius 1 is 1.30 bits per heavy atom. The molecule has 1 N–H and O–H groups in total. The lowest BCUT2D eigenvalue weighted by molar-refractivity contribution is 0.185. The number of hydrogen-bond acceptors (Lipinski definition) is 2. The fourth-order valence-electron chi connectivity index (χ4n) is 3.73. The number of amides is 2. The van der Waals surface area contributed by atoms with Crippen LogP contribution >= 0.6 is 0 Å². The molecule has 4 nitrogen and oxygen atoms in total. The molecule has 0 aliphatic carbocycles. The van der Waals surface area contributed by atoms with Gasteiger partial charge in [0.1, 0.15) is 5.82 Å². The zero-order valence-corrected chi connectivity index (χ0v) is 14.2. The lowest BCUT2D eigenvalue weighted by atomic mass is 10.1. The van der Waals surface area contributed by atoms with E-state index < -0.39 is 0 Å². The minimum Gasteiger partial charge on any atom is -0.331 e. The predicted molar refractivity (Wildman–Crippen MR) is 88.8 cm³/mol. The Morgan fingerprint density at radius 2 is 2.04 bits per heavy atom. The van der Waals surface area contributed by atoms with Gasteiger partial charge in [-0.2, -0.15) is 0 Å². The van der Waals surface area contributed by atoms with Crippen LogP contribution in [0.15, 0.2) is 18.2 Å². The highest BCUT2D eigenvalue weighted by atomic mass is 19.1. The second kappa shape index (κ2) is 6.48. The molecule has 0 radical (unpaired) electrons. The highest BCUT2D eigenvalue weighted by Crippen LogP contribution is 2.28. The lowest BCUT2D eigenvalue weighted by Crippen LogP contribution is -2.45. The summed E-state index contributed by atoms with van der Waals surface area (Å²) in [6.45, 7) is 5.23. The molecule has 0 aromatic heterocycles. The molecule has 3 atom stereocenters. The van der Waals surface area contributed by atoms with E-state index in [1.54, 1.807) is 13.0 Å². The first kappa shape index (κ1) is 16.2. The number of nitrogens with zero attached hydrogens (tertiary/aromatic N) is 2. The molecule has 2 fully saturated rings. The first-order chi connectivity index (χ1) is 11.0. The van der Waals surface area contributed by atoms with E-state index in [1.165, 1.54) is 18.9 Å². The van der Waals surface area contributed by atoms with E-state index in [1.807, 2.05) is 17.9 Å². The van der Waals surface area contributed by atoms with Gasteiger partial charge < -0.3 is 10.2 Å². The molecule has 2 amide bonds. The predicted octanol–water partition coefficient (Wildman–Crippen LogP) is 3.07. The number of nitrogens with one attached hydrogen (secondary N) is 1. The topological polar surface area (TPSA) is 35.6 Å². The van der Waals surface area contributed by atoms with Crippen molar-refractivity contribution in [2.75, 3.05) is 20.1 Å². The normalized spacial score (nSPS) is 26.0. The number of halogens is 1. The molecule has 0 spiro atoms. The van der Waals surface area contributed by atoms with E-state index in [2.05, 4.69) is 17.3 Å². The molecule has 0 unspecified atom stereocenters. The van der Waals surface area contributed by atoms with Crippen molar-refractivity contribution in [3.63, 3.8) is 0 Å².